The molecule has 17 heavy (non-hydrogen) atoms. The zero-order chi connectivity index (χ0) is 13.2. The molecule has 2 atom stereocenters. The van der Waals surface area contributed by atoms with Crippen LogP contribution >= 0.6 is 23.2 Å². The molecule has 1 aromatic rings. The van der Waals surface area contributed by atoms with E-state index in [1.807, 2.05) is 0 Å². The van der Waals surface area contributed by atoms with Crippen molar-refractivity contribution in [1.29, 1.82) is 0 Å². The molecule has 0 spiro atoms. The van der Waals surface area contributed by atoms with Gasteiger partial charge in [0.05, 0.1) is 12.7 Å². The van der Waals surface area contributed by atoms with Gasteiger partial charge in [-0.15, -0.1) is 0 Å². The number of aliphatic hydroxyl groups excluding tert-OH is 2. The van der Waals surface area contributed by atoms with Gasteiger partial charge in [-0.1, -0.05) is 23.2 Å². The number of esters is 1. The second-order valence-corrected chi connectivity index (χ2v) is 3.71. The average molecular weight is 282 g/mol. The van der Waals surface area contributed by atoms with E-state index >= 15 is 0 Å². The Morgan fingerprint density at radius 1 is 1.35 bits per heavy atom. The highest BCUT2D eigenvalue weighted by molar-refractivity contribution is 6.34. The van der Waals surface area contributed by atoms with Gasteiger partial charge in [-0.05, 0) is 0 Å². The number of halogens is 2. The number of nitrogens with zero attached hydrogens (tertiary/aromatic N) is 2. The normalized spacial score (nSPS) is 14.2. The largest absolute Gasteiger partial charge is 0.467 e. The summed E-state index contributed by atoms with van der Waals surface area (Å²) >= 11 is 11.4. The van der Waals surface area contributed by atoms with Crippen LogP contribution in [0.25, 0.3) is 0 Å². The van der Waals surface area contributed by atoms with E-state index in [0.717, 1.165) is 7.11 Å². The number of hydrogen-bond donors (Lipinski definition) is 3. The number of hydrogen-bond acceptors (Lipinski definition) is 7. The molecule has 0 fully saturated rings. The Balaban J connectivity index is 3.12. The molecule has 1 heterocycles. The molecule has 7 nitrogen and oxygen atoms in total. The third-order valence-electron chi connectivity index (χ3n) is 1.91. The third-order valence-corrected chi connectivity index (χ3v) is 2.48. The van der Waals surface area contributed by atoms with Crippen LogP contribution in [0.5, 0.6) is 0 Å². The van der Waals surface area contributed by atoms with Gasteiger partial charge in [0.2, 0.25) is 5.95 Å². The Bertz CT molecular complexity index is 420. The van der Waals surface area contributed by atoms with Crippen LogP contribution in [0.4, 0.5) is 5.95 Å². The smallest absolute Gasteiger partial charge is 0.337 e. The molecule has 0 amide bonds. The lowest BCUT2D eigenvalue weighted by atomic mass is 10.1. The van der Waals surface area contributed by atoms with Crippen LogP contribution in [-0.2, 0) is 9.53 Å². The first kappa shape index (κ1) is 13.9. The lowest BCUT2D eigenvalue weighted by Crippen LogP contribution is -2.29. The number of methoxy groups -OCH3 is 1. The van der Waals surface area contributed by atoms with E-state index in [2.05, 4.69) is 14.7 Å². The number of ether oxygens (including phenoxy) is 1. The van der Waals surface area contributed by atoms with Crippen molar-refractivity contribution in [2.75, 3.05) is 12.8 Å². The van der Waals surface area contributed by atoms with Crippen molar-refractivity contribution in [3.8, 4) is 0 Å². The van der Waals surface area contributed by atoms with E-state index in [4.69, 9.17) is 28.9 Å². The van der Waals surface area contributed by atoms with Gasteiger partial charge in [0.25, 0.3) is 0 Å². The van der Waals surface area contributed by atoms with Gasteiger partial charge in [-0.3, -0.25) is 0 Å². The van der Waals surface area contributed by atoms with E-state index in [-0.39, 0.29) is 21.8 Å². The van der Waals surface area contributed by atoms with Crippen LogP contribution in [-0.4, -0.2) is 39.4 Å². The Labute approximate surface area is 106 Å². The van der Waals surface area contributed by atoms with Gasteiger partial charge in [0.15, 0.2) is 6.10 Å². The minimum absolute atomic E-state index is 0.191. The number of aliphatic hydroxyl groups is 2. The second kappa shape index (κ2) is 5.46. The lowest BCUT2D eigenvalue weighted by Gasteiger charge is -2.17. The summed E-state index contributed by atoms with van der Waals surface area (Å²) in [6.07, 6.45) is -3.55. The molecule has 0 aliphatic carbocycles. The van der Waals surface area contributed by atoms with Crippen molar-refractivity contribution < 1.29 is 19.7 Å². The zero-order valence-electron chi connectivity index (χ0n) is 8.59. The molecule has 0 saturated heterocycles. The van der Waals surface area contributed by atoms with E-state index in [1.54, 1.807) is 0 Å². The van der Waals surface area contributed by atoms with Crippen molar-refractivity contribution in [2.45, 2.75) is 12.2 Å². The fourth-order valence-electron chi connectivity index (χ4n) is 1.08. The average Bonchev–Trinajstić information content (AvgIpc) is 2.25. The molecule has 4 N–H and O–H groups in total. The quantitative estimate of drug-likeness (QED) is 0.524. The summed E-state index contributed by atoms with van der Waals surface area (Å²) in [5, 5.41) is 18.6. The maximum Gasteiger partial charge on any atom is 0.337 e. The number of rotatable bonds is 3. The molecule has 1 rings (SSSR count). The van der Waals surface area contributed by atoms with E-state index in [9.17, 15) is 15.0 Å². The van der Waals surface area contributed by atoms with E-state index in [1.165, 1.54) is 0 Å². The van der Waals surface area contributed by atoms with Crippen LogP contribution in [0.2, 0.25) is 10.3 Å². The maximum absolute atomic E-state index is 11.0. The van der Waals surface area contributed by atoms with Gasteiger partial charge in [-0.25, -0.2) is 14.8 Å². The topological polar surface area (TPSA) is 119 Å². The highest BCUT2D eigenvalue weighted by Crippen LogP contribution is 2.30. The van der Waals surface area contributed by atoms with Crippen molar-refractivity contribution in [1.82, 2.24) is 9.97 Å². The summed E-state index contributed by atoms with van der Waals surface area (Å²) in [5.41, 5.74) is 5.07. The molecule has 0 radical (unpaired) electrons. The number of carbonyl (C=O) groups is 1. The van der Waals surface area contributed by atoms with Crippen LogP contribution in [0.15, 0.2) is 0 Å². The predicted molar refractivity (Wildman–Crippen MR) is 59.4 cm³/mol. The van der Waals surface area contributed by atoms with Gasteiger partial charge >= 0.3 is 5.97 Å². The molecule has 0 aromatic carbocycles. The standard InChI is InChI=1S/C8H9Cl2N3O4/c1-17-7(16)4(15)3(14)2-5(9)12-8(11)13-6(2)10/h3-4,14-15H,1H3,(H2,11,12,13). The van der Waals surface area contributed by atoms with Gasteiger partial charge in [0, 0.05) is 0 Å². The van der Waals surface area contributed by atoms with Crippen LogP contribution in [0.1, 0.15) is 11.7 Å². The second-order valence-electron chi connectivity index (χ2n) is 2.99. The fraction of sp³-hybridized carbons (Fsp3) is 0.375. The van der Waals surface area contributed by atoms with Gasteiger partial charge in [0.1, 0.15) is 16.4 Å². The number of aromatic nitrogens is 2. The third kappa shape index (κ3) is 2.95. The summed E-state index contributed by atoms with van der Waals surface area (Å²) in [5.74, 6) is -1.23. The summed E-state index contributed by atoms with van der Waals surface area (Å²) in [6, 6.07) is 0. The van der Waals surface area contributed by atoms with Gasteiger partial charge < -0.3 is 20.7 Å². The highest BCUT2D eigenvalue weighted by Gasteiger charge is 2.31. The minimum atomic E-state index is -1.85. The van der Waals surface area contributed by atoms with Crippen molar-refractivity contribution >= 4 is 35.1 Å². The Morgan fingerprint density at radius 3 is 2.24 bits per heavy atom. The van der Waals surface area contributed by atoms with Crippen LogP contribution in [0, 0.1) is 0 Å². The minimum Gasteiger partial charge on any atom is -0.467 e. The SMILES string of the molecule is COC(=O)C(O)C(O)c1c(Cl)nc(N)nc1Cl. The first-order valence-corrected chi connectivity index (χ1v) is 5.06. The molecule has 0 bridgehead atoms. The molecular formula is C8H9Cl2N3O4. The van der Waals surface area contributed by atoms with E-state index in [0.29, 0.717) is 0 Å². The number of nitrogen functional groups attached to an aromatic ring is 1. The van der Waals surface area contributed by atoms with Crippen molar-refractivity contribution in [2.24, 2.45) is 0 Å². The number of anilines is 1. The predicted octanol–water partition coefficient (Wildman–Crippen LogP) is -0.0671. The molecule has 0 saturated carbocycles. The molecule has 1 aromatic heterocycles. The van der Waals surface area contributed by atoms with Gasteiger partial charge in [-0.2, -0.15) is 0 Å². The van der Waals surface area contributed by atoms with Crippen LogP contribution < -0.4 is 5.73 Å². The number of nitrogens with two attached hydrogens (primary N) is 1. The molecule has 0 aliphatic rings. The number of carbonyl (C=O) groups excluding carboxylic acids is 1. The summed E-state index contributed by atoms with van der Waals surface area (Å²) in [6.45, 7) is 0. The first-order valence-electron chi connectivity index (χ1n) is 4.30. The Kier molecular flexibility index (Phi) is 4.47. The Morgan fingerprint density at radius 2 is 1.82 bits per heavy atom. The fourth-order valence-corrected chi connectivity index (χ4v) is 1.71. The Hall–Kier alpha value is -1.15. The monoisotopic (exact) mass is 281 g/mol. The molecule has 94 valence electrons. The maximum atomic E-state index is 11.0. The van der Waals surface area contributed by atoms with Crippen LogP contribution in [0.3, 0.4) is 0 Å². The van der Waals surface area contributed by atoms with Crippen molar-refractivity contribution in [3.63, 3.8) is 0 Å². The summed E-state index contributed by atoms with van der Waals surface area (Å²) in [7, 11) is 1.06. The highest BCUT2D eigenvalue weighted by atomic mass is 35.5. The van der Waals surface area contributed by atoms with E-state index < -0.39 is 18.2 Å². The zero-order valence-corrected chi connectivity index (χ0v) is 10.1. The van der Waals surface area contributed by atoms with Crippen molar-refractivity contribution in [3.05, 3.63) is 15.9 Å². The molecule has 0 aliphatic heterocycles. The summed E-state index contributed by atoms with van der Waals surface area (Å²) in [4.78, 5) is 18.1. The molecule has 2 unspecified atom stereocenters. The first-order chi connectivity index (χ1) is 7.88. The summed E-state index contributed by atoms with van der Waals surface area (Å²) < 4.78 is 4.26. The lowest BCUT2D eigenvalue weighted by molar-refractivity contribution is -0.156. The molecule has 9 heteroatoms. The molecular weight excluding hydrogens is 273 g/mol.